The van der Waals surface area contributed by atoms with Crippen molar-refractivity contribution >= 4 is 46.4 Å². The summed E-state index contributed by atoms with van der Waals surface area (Å²) in [5.41, 5.74) is 0.259. The Labute approximate surface area is 159 Å². The summed E-state index contributed by atoms with van der Waals surface area (Å²) in [6.45, 7) is 6.79. The Balaban J connectivity index is 1.87. The predicted octanol–water partition coefficient (Wildman–Crippen LogP) is 4.38. The molecule has 0 bridgehead atoms. The molecule has 0 radical (unpaired) electrons. The smallest absolute Gasteiger partial charge is 0.342 e. The molecule has 0 aromatic heterocycles. The first-order valence-electron chi connectivity index (χ1n) is 7.76. The first-order valence-corrected chi connectivity index (χ1v) is 9.71. The summed E-state index contributed by atoms with van der Waals surface area (Å²) in [6.07, 6.45) is 4.49. The number of ether oxygens (including phenoxy) is 2. The number of halogens is 1. The lowest BCUT2D eigenvalue weighted by Gasteiger charge is -2.35. The molecule has 0 amide bonds. The molecule has 3 atom stereocenters. The van der Waals surface area contributed by atoms with Gasteiger partial charge >= 0.3 is 5.97 Å². The van der Waals surface area contributed by atoms with Gasteiger partial charge in [-0.25, -0.2) is 4.79 Å². The molecule has 3 rings (SSSR count). The lowest BCUT2D eigenvalue weighted by atomic mass is 9.89. The minimum atomic E-state index is -0.665. The van der Waals surface area contributed by atoms with E-state index in [1.165, 1.54) is 8.98 Å². The molecule has 6 heteroatoms. The van der Waals surface area contributed by atoms with E-state index in [-0.39, 0.29) is 16.6 Å². The number of phenolic OH excluding ortho intramolecular Hbond substituents is 1. The quantitative estimate of drug-likeness (QED) is 0.536. The number of phenols is 1. The largest absolute Gasteiger partial charge is 0.507 e. The lowest BCUT2D eigenvalue weighted by Crippen LogP contribution is -2.47. The average Bonchev–Trinajstić information content (AvgIpc) is 3.15. The number of allylic oxidation sites excluding steroid dienone is 1. The summed E-state index contributed by atoms with van der Waals surface area (Å²) in [6, 6.07) is 4.79. The van der Waals surface area contributed by atoms with Crippen molar-refractivity contribution in [3.63, 3.8) is 0 Å². The average molecular weight is 458 g/mol. The normalized spacial score (nSPS) is 29.3. The molecule has 1 aromatic rings. The highest BCUT2D eigenvalue weighted by molar-refractivity contribution is 14.1. The Kier molecular flexibility index (Phi) is 5.27. The zero-order valence-electron chi connectivity index (χ0n) is 13.3. The van der Waals surface area contributed by atoms with Gasteiger partial charge in [-0.05, 0) is 46.2 Å². The highest BCUT2D eigenvalue weighted by Gasteiger charge is 2.50. The molecule has 1 saturated heterocycles. The second-order valence-electron chi connectivity index (χ2n) is 6.11. The summed E-state index contributed by atoms with van der Waals surface area (Å²) in [7, 11) is 0. The van der Waals surface area contributed by atoms with Gasteiger partial charge in [0.2, 0.25) is 0 Å². The van der Waals surface area contributed by atoms with Crippen LogP contribution in [0, 0.1) is 5.92 Å². The molecule has 1 aromatic carbocycles. The van der Waals surface area contributed by atoms with Gasteiger partial charge in [0, 0.05) is 9.33 Å². The van der Waals surface area contributed by atoms with E-state index >= 15 is 0 Å². The van der Waals surface area contributed by atoms with Crippen LogP contribution in [0.3, 0.4) is 0 Å². The van der Waals surface area contributed by atoms with Crippen LogP contribution in [0.25, 0.3) is 6.08 Å². The second-order valence-corrected chi connectivity index (χ2v) is 9.18. The molecular formula is C18H19IO4S. The maximum atomic E-state index is 12.7. The number of benzene rings is 1. The van der Waals surface area contributed by atoms with E-state index in [1.54, 1.807) is 30.0 Å². The van der Waals surface area contributed by atoms with Crippen LogP contribution in [0.4, 0.5) is 0 Å². The molecule has 1 fully saturated rings. The van der Waals surface area contributed by atoms with Crippen molar-refractivity contribution in [2.75, 3.05) is 13.2 Å². The van der Waals surface area contributed by atoms with E-state index in [2.05, 4.69) is 42.2 Å². The van der Waals surface area contributed by atoms with Crippen molar-refractivity contribution in [3.05, 3.63) is 44.9 Å². The number of rotatable bonds is 4. The first-order chi connectivity index (χ1) is 11.4. The van der Waals surface area contributed by atoms with Gasteiger partial charge in [-0.3, -0.25) is 0 Å². The van der Waals surface area contributed by atoms with E-state index in [4.69, 9.17) is 9.47 Å². The fourth-order valence-electron chi connectivity index (χ4n) is 3.16. The molecule has 0 aliphatic carbocycles. The summed E-state index contributed by atoms with van der Waals surface area (Å²) in [5, 5.41) is 10.2. The van der Waals surface area contributed by atoms with Crippen LogP contribution in [-0.2, 0) is 9.47 Å². The molecule has 3 unspecified atom stereocenters. The lowest BCUT2D eigenvalue weighted by molar-refractivity contribution is -0.0272. The maximum absolute atomic E-state index is 12.7. The highest BCUT2D eigenvalue weighted by atomic mass is 127. The van der Waals surface area contributed by atoms with Crippen LogP contribution in [0.5, 0.6) is 5.75 Å². The van der Waals surface area contributed by atoms with E-state index in [0.29, 0.717) is 25.6 Å². The van der Waals surface area contributed by atoms with Crippen LogP contribution in [0.1, 0.15) is 29.3 Å². The van der Waals surface area contributed by atoms with Gasteiger partial charge in [-0.1, -0.05) is 31.7 Å². The van der Waals surface area contributed by atoms with E-state index in [0.717, 1.165) is 5.56 Å². The molecule has 128 valence electrons. The Bertz CT molecular complexity index is 694. The minimum absolute atomic E-state index is 0.0838. The van der Waals surface area contributed by atoms with Crippen molar-refractivity contribution in [2.24, 2.45) is 5.92 Å². The SMILES string of the molecule is C=Cc1ccc(O)c(C(=O)OC2(C3SC(I)=CC3C)CCOC2)c1. The molecule has 1 N–H and O–H groups in total. The summed E-state index contributed by atoms with van der Waals surface area (Å²) in [5.74, 6) is -0.305. The van der Waals surface area contributed by atoms with E-state index < -0.39 is 11.6 Å². The van der Waals surface area contributed by atoms with Crippen molar-refractivity contribution in [1.82, 2.24) is 0 Å². The number of carbonyl (C=O) groups is 1. The zero-order chi connectivity index (χ0) is 17.3. The number of esters is 1. The van der Waals surface area contributed by atoms with E-state index in [1.807, 2.05) is 0 Å². The monoisotopic (exact) mass is 458 g/mol. The molecule has 2 heterocycles. The van der Waals surface area contributed by atoms with E-state index in [9.17, 15) is 9.90 Å². The zero-order valence-corrected chi connectivity index (χ0v) is 16.3. The number of hydrogen-bond acceptors (Lipinski definition) is 5. The van der Waals surface area contributed by atoms with Gasteiger partial charge < -0.3 is 14.6 Å². The molecule has 0 saturated carbocycles. The summed E-state index contributed by atoms with van der Waals surface area (Å²) in [4.78, 5) is 12.7. The Morgan fingerprint density at radius 2 is 2.38 bits per heavy atom. The predicted molar refractivity (Wildman–Crippen MR) is 104 cm³/mol. The molecule has 2 aliphatic heterocycles. The standard InChI is InChI=1S/C18H19IO4S/c1-3-12-4-5-14(20)13(9-12)17(21)23-18(6-7-22-10-18)16-11(2)8-15(19)24-16/h3-5,8-9,11,16,20H,1,6-7,10H2,2H3. The molecule has 2 aliphatic rings. The van der Waals surface area contributed by atoms with Crippen LogP contribution < -0.4 is 0 Å². The highest BCUT2D eigenvalue weighted by Crippen LogP contribution is 2.49. The van der Waals surface area contributed by atoms with Gasteiger partial charge in [0.25, 0.3) is 0 Å². The third kappa shape index (κ3) is 3.36. The third-order valence-electron chi connectivity index (χ3n) is 4.42. The van der Waals surface area contributed by atoms with Crippen LogP contribution >= 0.6 is 34.4 Å². The summed E-state index contributed by atoms with van der Waals surface area (Å²) < 4.78 is 12.7. The molecule has 0 spiro atoms. The minimum Gasteiger partial charge on any atom is -0.507 e. The van der Waals surface area contributed by atoms with Crippen molar-refractivity contribution < 1.29 is 19.4 Å². The number of carbonyl (C=O) groups excluding carboxylic acids is 1. The molecule has 4 nitrogen and oxygen atoms in total. The Hall–Kier alpha value is -0.990. The third-order valence-corrected chi connectivity index (χ3v) is 7.01. The fourth-order valence-corrected chi connectivity index (χ4v) is 5.82. The van der Waals surface area contributed by atoms with Crippen molar-refractivity contribution in [3.8, 4) is 5.75 Å². The van der Waals surface area contributed by atoms with Crippen molar-refractivity contribution in [1.29, 1.82) is 0 Å². The summed E-state index contributed by atoms with van der Waals surface area (Å²) >= 11 is 4.04. The van der Waals surface area contributed by atoms with Crippen molar-refractivity contribution in [2.45, 2.75) is 24.2 Å². The maximum Gasteiger partial charge on any atom is 0.342 e. The van der Waals surface area contributed by atoms with Gasteiger partial charge in [0.05, 0.1) is 18.5 Å². The van der Waals surface area contributed by atoms with Gasteiger partial charge in [-0.15, -0.1) is 11.8 Å². The number of aromatic hydroxyl groups is 1. The second kappa shape index (κ2) is 7.09. The van der Waals surface area contributed by atoms with Gasteiger partial charge in [0.15, 0.2) is 5.60 Å². The first kappa shape index (κ1) is 17.8. The van der Waals surface area contributed by atoms with Crippen LogP contribution in [0.2, 0.25) is 0 Å². The topological polar surface area (TPSA) is 55.8 Å². The molecule has 24 heavy (non-hydrogen) atoms. The van der Waals surface area contributed by atoms with Crippen LogP contribution in [0.15, 0.2) is 33.8 Å². The van der Waals surface area contributed by atoms with Crippen LogP contribution in [-0.4, -0.2) is 35.1 Å². The Morgan fingerprint density at radius 3 is 2.96 bits per heavy atom. The number of thioether (sulfide) groups is 1. The Morgan fingerprint density at radius 1 is 1.58 bits per heavy atom. The van der Waals surface area contributed by atoms with Gasteiger partial charge in [0.1, 0.15) is 11.3 Å². The van der Waals surface area contributed by atoms with Gasteiger partial charge in [-0.2, -0.15) is 0 Å². The number of hydrogen-bond donors (Lipinski definition) is 1. The fraction of sp³-hybridized carbons (Fsp3) is 0.389. The molecular weight excluding hydrogens is 439 g/mol.